The Bertz CT molecular complexity index is 1100. The molecule has 0 bridgehead atoms. The van der Waals surface area contributed by atoms with Crippen molar-refractivity contribution in [2.24, 2.45) is 5.92 Å². The van der Waals surface area contributed by atoms with Crippen LogP contribution in [0.5, 0.6) is 0 Å². The molecule has 4 rings (SSSR count). The maximum atomic E-state index is 14.4. The van der Waals surface area contributed by atoms with E-state index in [2.05, 4.69) is 21.2 Å². The molecule has 2 N–H and O–H groups in total. The summed E-state index contributed by atoms with van der Waals surface area (Å²) in [6, 6.07) is 12.5. The maximum Gasteiger partial charge on any atom is 0.303 e. The van der Waals surface area contributed by atoms with Gasteiger partial charge in [-0.2, -0.15) is 0 Å². The second-order valence-corrected chi connectivity index (χ2v) is 9.13. The summed E-state index contributed by atoms with van der Waals surface area (Å²) < 4.78 is 17.3. The molecular formula is C24H24BrFN2O3. The summed E-state index contributed by atoms with van der Waals surface area (Å²) in [6.45, 7) is 0.529. The summed E-state index contributed by atoms with van der Waals surface area (Å²) in [4.78, 5) is 24.0. The number of fused-ring (bicyclic) bond motifs is 1. The van der Waals surface area contributed by atoms with E-state index in [0.29, 0.717) is 23.0 Å². The number of carbonyl (C=O) groups is 2. The lowest BCUT2D eigenvalue weighted by Gasteiger charge is -2.28. The molecule has 0 atom stereocenters. The van der Waals surface area contributed by atoms with E-state index in [1.54, 1.807) is 12.1 Å². The first-order valence-electron chi connectivity index (χ1n) is 10.4. The normalized spacial score (nSPS) is 18.8. The number of benzene rings is 2. The van der Waals surface area contributed by atoms with Gasteiger partial charge in [-0.3, -0.25) is 9.59 Å². The van der Waals surface area contributed by atoms with Crippen LogP contribution < -0.4 is 5.32 Å². The van der Waals surface area contributed by atoms with Crippen LogP contribution in [0.3, 0.4) is 0 Å². The van der Waals surface area contributed by atoms with Crippen molar-refractivity contribution in [3.63, 3.8) is 0 Å². The van der Waals surface area contributed by atoms with Crippen molar-refractivity contribution in [3.8, 4) is 0 Å². The van der Waals surface area contributed by atoms with Gasteiger partial charge in [-0.25, -0.2) is 4.39 Å². The minimum Gasteiger partial charge on any atom is -0.481 e. The minimum atomic E-state index is -0.771. The van der Waals surface area contributed by atoms with Crippen LogP contribution >= 0.6 is 15.9 Å². The molecule has 7 heteroatoms. The van der Waals surface area contributed by atoms with E-state index >= 15 is 0 Å². The quantitative estimate of drug-likeness (QED) is 0.492. The van der Waals surface area contributed by atoms with E-state index in [1.807, 2.05) is 35.0 Å². The molecule has 0 unspecified atom stereocenters. The van der Waals surface area contributed by atoms with Gasteiger partial charge in [0.05, 0.1) is 11.1 Å². The van der Waals surface area contributed by atoms with Crippen LogP contribution in [-0.2, 0) is 11.3 Å². The van der Waals surface area contributed by atoms with E-state index in [-0.39, 0.29) is 30.1 Å². The van der Waals surface area contributed by atoms with Crippen molar-refractivity contribution in [1.82, 2.24) is 9.88 Å². The largest absolute Gasteiger partial charge is 0.481 e. The summed E-state index contributed by atoms with van der Waals surface area (Å²) in [5.41, 5.74) is 2.08. The number of carboxylic acids is 1. The summed E-state index contributed by atoms with van der Waals surface area (Å²) in [5, 5.41) is 12.5. The zero-order chi connectivity index (χ0) is 22.0. The van der Waals surface area contributed by atoms with Gasteiger partial charge in [-0.05, 0) is 67.5 Å². The average Bonchev–Trinajstić information content (AvgIpc) is 3.15. The van der Waals surface area contributed by atoms with Crippen molar-refractivity contribution in [2.75, 3.05) is 0 Å². The fraction of sp³-hybridized carbons (Fsp3) is 0.333. The molecule has 0 saturated heterocycles. The first kappa shape index (κ1) is 21.6. The molecule has 1 aliphatic rings. The lowest BCUT2D eigenvalue weighted by Crippen LogP contribution is -2.38. The van der Waals surface area contributed by atoms with E-state index < -0.39 is 5.97 Å². The molecule has 1 saturated carbocycles. The molecule has 2 aromatic carbocycles. The molecule has 1 heterocycles. The number of aliphatic carboxylic acids is 1. The summed E-state index contributed by atoms with van der Waals surface area (Å²) in [5.74, 6) is -1.17. The van der Waals surface area contributed by atoms with Gasteiger partial charge in [0.25, 0.3) is 5.91 Å². The Kier molecular flexibility index (Phi) is 6.41. The standard InChI is InChI=1S/C24H24BrFN2O3/c25-17-5-1-16(2-6-17)14-28-12-11-19-21(26)10-9-20(23(19)28)24(31)27-18-7-3-15(4-8-18)13-22(29)30/h1-2,5-6,9-12,15,18H,3-4,7-8,13-14H2,(H,27,31)(H,29,30). The van der Waals surface area contributed by atoms with Gasteiger partial charge in [0.15, 0.2) is 0 Å². The molecule has 5 nitrogen and oxygen atoms in total. The number of hydrogen-bond acceptors (Lipinski definition) is 2. The van der Waals surface area contributed by atoms with E-state index in [9.17, 15) is 14.0 Å². The zero-order valence-electron chi connectivity index (χ0n) is 17.0. The highest BCUT2D eigenvalue weighted by Gasteiger charge is 2.25. The van der Waals surface area contributed by atoms with Crippen molar-refractivity contribution in [2.45, 2.75) is 44.7 Å². The average molecular weight is 487 g/mol. The lowest BCUT2D eigenvalue weighted by atomic mass is 9.84. The van der Waals surface area contributed by atoms with E-state index in [4.69, 9.17) is 5.11 Å². The highest BCUT2D eigenvalue weighted by Crippen LogP contribution is 2.28. The number of nitrogens with zero attached hydrogens (tertiary/aromatic N) is 1. The Morgan fingerprint density at radius 3 is 2.45 bits per heavy atom. The number of hydrogen-bond donors (Lipinski definition) is 2. The monoisotopic (exact) mass is 486 g/mol. The minimum absolute atomic E-state index is 0.00698. The van der Waals surface area contributed by atoms with E-state index in [1.165, 1.54) is 6.07 Å². The zero-order valence-corrected chi connectivity index (χ0v) is 18.6. The Balaban J connectivity index is 1.54. The van der Waals surface area contributed by atoms with Gasteiger partial charge in [-0.15, -0.1) is 0 Å². The molecule has 3 aromatic rings. The van der Waals surface area contributed by atoms with Crippen LogP contribution in [0.15, 0.2) is 53.1 Å². The van der Waals surface area contributed by atoms with Crippen molar-refractivity contribution in [1.29, 1.82) is 0 Å². The van der Waals surface area contributed by atoms with Gasteiger partial charge >= 0.3 is 5.97 Å². The number of halogens is 2. The summed E-state index contributed by atoms with van der Waals surface area (Å²) >= 11 is 3.43. The smallest absolute Gasteiger partial charge is 0.303 e. The van der Waals surface area contributed by atoms with Crippen LogP contribution in [0.2, 0.25) is 0 Å². The predicted octanol–water partition coefficient (Wildman–Crippen LogP) is 5.35. The van der Waals surface area contributed by atoms with Gasteiger partial charge in [-0.1, -0.05) is 28.1 Å². The Morgan fingerprint density at radius 1 is 1.06 bits per heavy atom. The number of rotatable bonds is 6. The summed E-state index contributed by atoms with van der Waals surface area (Å²) in [6.07, 6.45) is 5.08. The van der Waals surface area contributed by atoms with Crippen LogP contribution in [0.1, 0.15) is 48.0 Å². The molecule has 1 fully saturated rings. The van der Waals surface area contributed by atoms with Crippen molar-refractivity contribution in [3.05, 3.63) is 70.1 Å². The third-order valence-corrected chi connectivity index (χ3v) is 6.56. The van der Waals surface area contributed by atoms with Crippen molar-refractivity contribution < 1.29 is 19.1 Å². The predicted molar refractivity (Wildman–Crippen MR) is 121 cm³/mol. The first-order chi connectivity index (χ1) is 14.9. The van der Waals surface area contributed by atoms with E-state index in [0.717, 1.165) is 35.7 Å². The molecule has 0 aliphatic heterocycles. The molecule has 162 valence electrons. The van der Waals surface area contributed by atoms with Gasteiger partial charge in [0, 0.05) is 35.1 Å². The third kappa shape index (κ3) is 4.98. The van der Waals surface area contributed by atoms with Crippen LogP contribution in [0.25, 0.3) is 10.9 Å². The van der Waals surface area contributed by atoms with Gasteiger partial charge in [0.1, 0.15) is 5.82 Å². The lowest BCUT2D eigenvalue weighted by molar-refractivity contribution is -0.138. The maximum absolute atomic E-state index is 14.4. The summed E-state index contributed by atoms with van der Waals surface area (Å²) in [7, 11) is 0. The molecular weight excluding hydrogens is 463 g/mol. The van der Waals surface area contributed by atoms with Gasteiger partial charge < -0.3 is 15.0 Å². The molecule has 31 heavy (non-hydrogen) atoms. The number of nitrogens with one attached hydrogen (secondary N) is 1. The highest BCUT2D eigenvalue weighted by molar-refractivity contribution is 9.10. The van der Waals surface area contributed by atoms with Crippen LogP contribution in [0, 0.1) is 11.7 Å². The number of carboxylic acid groups (broad SMARTS) is 1. The van der Waals surface area contributed by atoms with Crippen LogP contribution in [0.4, 0.5) is 4.39 Å². The first-order valence-corrected chi connectivity index (χ1v) is 11.2. The molecule has 1 aromatic heterocycles. The Labute approximate surface area is 188 Å². The second kappa shape index (κ2) is 9.22. The molecule has 0 radical (unpaired) electrons. The van der Waals surface area contributed by atoms with Gasteiger partial charge in [0.2, 0.25) is 0 Å². The molecule has 1 aliphatic carbocycles. The third-order valence-electron chi connectivity index (χ3n) is 6.03. The fourth-order valence-electron chi connectivity index (χ4n) is 4.41. The van der Waals surface area contributed by atoms with Crippen molar-refractivity contribution >= 4 is 38.7 Å². The second-order valence-electron chi connectivity index (χ2n) is 8.22. The highest BCUT2D eigenvalue weighted by atomic mass is 79.9. The SMILES string of the molecule is O=C(O)CC1CCC(NC(=O)c2ccc(F)c3ccn(Cc4ccc(Br)cc4)c23)CC1. The number of carbonyl (C=O) groups excluding carboxylic acids is 1. The fourth-order valence-corrected chi connectivity index (χ4v) is 4.68. The Morgan fingerprint density at radius 2 is 1.77 bits per heavy atom. The number of aromatic nitrogens is 1. The number of amides is 1. The molecule has 0 spiro atoms. The Hall–Kier alpha value is -2.67. The van der Waals surface area contributed by atoms with Crippen LogP contribution in [-0.4, -0.2) is 27.6 Å². The topological polar surface area (TPSA) is 71.3 Å². The molecule has 1 amide bonds.